The number of urea groups is 1. The standard InChI is InChI=1S/C20H20N4O2S/c1-13(2)17-12-21-20(27-17)24-19(26)23-16-11-7-6-10-15(16)18(25)22-14-8-4-3-5-9-14/h3-13H,1-2H3,(H,22,25)(H2,21,23,24,26). The Morgan fingerprint density at radius 3 is 2.33 bits per heavy atom. The Hall–Kier alpha value is -3.19. The third-order valence-electron chi connectivity index (χ3n) is 3.76. The molecule has 3 rings (SSSR count). The van der Waals surface area contributed by atoms with E-state index in [-0.39, 0.29) is 5.91 Å². The maximum atomic E-state index is 12.6. The van der Waals surface area contributed by atoms with Crippen LogP contribution in [-0.2, 0) is 0 Å². The van der Waals surface area contributed by atoms with Gasteiger partial charge in [0.1, 0.15) is 0 Å². The number of amides is 3. The number of aromatic nitrogens is 1. The fourth-order valence-electron chi connectivity index (χ4n) is 2.37. The number of carbonyl (C=O) groups excluding carboxylic acids is 2. The number of rotatable bonds is 5. The highest BCUT2D eigenvalue weighted by Crippen LogP contribution is 2.25. The van der Waals surface area contributed by atoms with E-state index >= 15 is 0 Å². The summed E-state index contributed by atoms with van der Waals surface area (Å²) in [7, 11) is 0. The van der Waals surface area contributed by atoms with Crippen LogP contribution >= 0.6 is 11.3 Å². The average Bonchev–Trinajstić information content (AvgIpc) is 3.11. The molecule has 3 aromatic rings. The van der Waals surface area contributed by atoms with Gasteiger partial charge in [0.2, 0.25) is 0 Å². The molecule has 0 aliphatic carbocycles. The van der Waals surface area contributed by atoms with Crippen molar-refractivity contribution in [3.05, 3.63) is 71.2 Å². The van der Waals surface area contributed by atoms with Crippen molar-refractivity contribution in [2.24, 2.45) is 0 Å². The summed E-state index contributed by atoms with van der Waals surface area (Å²) in [6.45, 7) is 4.14. The highest BCUT2D eigenvalue weighted by Gasteiger charge is 2.14. The van der Waals surface area contributed by atoms with E-state index in [4.69, 9.17) is 0 Å². The first-order valence-electron chi connectivity index (χ1n) is 8.52. The summed E-state index contributed by atoms with van der Waals surface area (Å²) in [5, 5.41) is 8.76. The highest BCUT2D eigenvalue weighted by molar-refractivity contribution is 7.15. The summed E-state index contributed by atoms with van der Waals surface area (Å²) < 4.78 is 0. The second-order valence-electron chi connectivity index (χ2n) is 6.17. The molecule has 1 heterocycles. The second kappa shape index (κ2) is 8.46. The Morgan fingerprint density at radius 1 is 0.926 bits per heavy atom. The van der Waals surface area contributed by atoms with Gasteiger partial charge in [-0.05, 0) is 30.2 Å². The van der Waals surface area contributed by atoms with Crippen molar-refractivity contribution in [1.82, 2.24) is 4.98 Å². The van der Waals surface area contributed by atoms with Gasteiger partial charge < -0.3 is 10.6 Å². The molecule has 0 fully saturated rings. The average molecular weight is 380 g/mol. The van der Waals surface area contributed by atoms with Crippen LogP contribution in [0.1, 0.15) is 35.0 Å². The van der Waals surface area contributed by atoms with E-state index in [1.165, 1.54) is 11.3 Å². The summed E-state index contributed by atoms with van der Waals surface area (Å²) in [5.41, 5.74) is 1.48. The number of carbonyl (C=O) groups is 2. The van der Waals surface area contributed by atoms with Crippen LogP contribution in [0.2, 0.25) is 0 Å². The maximum Gasteiger partial charge on any atom is 0.325 e. The van der Waals surface area contributed by atoms with Gasteiger partial charge in [-0.15, -0.1) is 11.3 Å². The lowest BCUT2D eigenvalue weighted by Crippen LogP contribution is -2.22. The number of nitrogens with one attached hydrogen (secondary N) is 3. The molecule has 0 aliphatic rings. The van der Waals surface area contributed by atoms with Crippen LogP contribution in [0.15, 0.2) is 60.8 Å². The predicted octanol–water partition coefficient (Wildman–Crippen LogP) is 5.16. The number of anilines is 3. The third kappa shape index (κ3) is 4.92. The van der Waals surface area contributed by atoms with Crippen molar-refractivity contribution in [1.29, 1.82) is 0 Å². The molecule has 0 aliphatic heterocycles. The van der Waals surface area contributed by atoms with Crippen molar-refractivity contribution in [2.75, 3.05) is 16.0 Å². The Kier molecular flexibility index (Phi) is 5.83. The number of hydrogen-bond donors (Lipinski definition) is 3. The Morgan fingerprint density at radius 2 is 1.63 bits per heavy atom. The normalized spacial score (nSPS) is 10.5. The van der Waals surface area contributed by atoms with Crippen LogP contribution in [0.25, 0.3) is 0 Å². The van der Waals surface area contributed by atoms with Crippen LogP contribution < -0.4 is 16.0 Å². The number of thiazole rings is 1. The zero-order valence-electron chi connectivity index (χ0n) is 15.0. The lowest BCUT2D eigenvalue weighted by Gasteiger charge is -2.11. The molecule has 6 nitrogen and oxygen atoms in total. The van der Waals surface area contributed by atoms with E-state index in [9.17, 15) is 9.59 Å². The van der Waals surface area contributed by atoms with Crippen LogP contribution in [-0.4, -0.2) is 16.9 Å². The fourth-order valence-corrected chi connectivity index (χ4v) is 3.19. The first-order valence-corrected chi connectivity index (χ1v) is 9.33. The zero-order valence-corrected chi connectivity index (χ0v) is 15.8. The Bertz CT molecular complexity index is 938. The summed E-state index contributed by atoms with van der Waals surface area (Å²) in [6.07, 6.45) is 1.76. The first-order chi connectivity index (χ1) is 13.0. The monoisotopic (exact) mass is 380 g/mol. The van der Waals surface area contributed by atoms with Crippen LogP contribution in [0, 0.1) is 0 Å². The van der Waals surface area contributed by atoms with Crippen molar-refractivity contribution < 1.29 is 9.59 Å². The van der Waals surface area contributed by atoms with Crippen molar-refractivity contribution in [3.63, 3.8) is 0 Å². The fraction of sp³-hybridized carbons (Fsp3) is 0.150. The lowest BCUT2D eigenvalue weighted by atomic mass is 10.1. The minimum absolute atomic E-state index is 0.298. The van der Waals surface area contributed by atoms with Crippen LogP contribution in [0.3, 0.4) is 0 Å². The van der Waals surface area contributed by atoms with Gasteiger partial charge in [-0.3, -0.25) is 10.1 Å². The van der Waals surface area contributed by atoms with Gasteiger partial charge >= 0.3 is 6.03 Å². The van der Waals surface area contributed by atoms with Crippen molar-refractivity contribution >= 4 is 39.8 Å². The lowest BCUT2D eigenvalue weighted by molar-refractivity contribution is 0.102. The summed E-state index contributed by atoms with van der Waals surface area (Å²) in [5.74, 6) is 0.0527. The third-order valence-corrected chi connectivity index (χ3v) is 4.98. The second-order valence-corrected chi connectivity index (χ2v) is 7.23. The molecule has 138 valence electrons. The van der Waals surface area contributed by atoms with Crippen LogP contribution in [0.4, 0.5) is 21.3 Å². The molecule has 3 amide bonds. The first kappa shape index (κ1) is 18.6. The molecule has 0 radical (unpaired) electrons. The van der Waals surface area contributed by atoms with E-state index in [2.05, 4.69) is 34.8 Å². The van der Waals surface area contributed by atoms with Gasteiger partial charge in [0.25, 0.3) is 5.91 Å². The van der Waals surface area contributed by atoms with Crippen molar-refractivity contribution in [2.45, 2.75) is 19.8 Å². The van der Waals surface area contributed by atoms with E-state index in [1.54, 1.807) is 42.6 Å². The number of para-hydroxylation sites is 2. The zero-order chi connectivity index (χ0) is 19.2. The molecule has 0 unspecified atom stereocenters. The molecule has 27 heavy (non-hydrogen) atoms. The van der Waals surface area contributed by atoms with Gasteiger partial charge in [0, 0.05) is 16.8 Å². The van der Waals surface area contributed by atoms with E-state index in [1.807, 2.05) is 18.2 Å². The molecule has 0 atom stereocenters. The maximum absolute atomic E-state index is 12.6. The molecule has 0 saturated heterocycles. The minimum Gasteiger partial charge on any atom is -0.322 e. The SMILES string of the molecule is CC(C)c1cnc(NC(=O)Nc2ccccc2C(=O)Nc2ccccc2)s1. The molecule has 1 aromatic heterocycles. The molecule has 0 saturated carbocycles. The molecule has 2 aromatic carbocycles. The quantitative estimate of drug-likeness (QED) is 0.571. The Balaban J connectivity index is 1.69. The Labute approximate surface area is 161 Å². The number of nitrogens with zero attached hydrogens (tertiary/aromatic N) is 1. The summed E-state index contributed by atoms with van der Waals surface area (Å²) in [4.78, 5) is 30.2. The summed E-state index contributed by atoms with van der Waals surface area (Å²) >= 11 is 1.43. The molecule has 0 spiro atoms. The number of benzene rings is 2. The van der Waals surface area contributed by atoms with E-state index < -0.39 is 6.03 Å². The van der Waals surface area contributed by atoms with Crippen LogP contribution in [0.5, 0.6) is 0 Å². The van der Waals surface area contributed by atoms with Crippen molar-refractivity contribution in [3.8, 4) is 0 Å². The molecule has 3 N–H and O–H groups in total. The number of hydrogen-bond acceptors (Lipinski definition) is 4. The molecular formula is C20H20N4O2S. The summed E-state index contributed by atoms with van der Waals surface area (Å²) in [6, 6.07) is 15.6. The smallest absolute Gasteiger partial charge is 0.322 e. The van der Waals surface area contributed by atoms with Gasteiger partial charge in [-0.2, -0.15) is 0 Å². The molecular weight excluding hydrogens is 360 g/mol. The predicted molar refractivity (Wildman–Crippen MR) is 110 cm³/mol. The van der Waals surface area contributed by atoms with Gasteiger partial charge in [0.05, 0.1) is 11.3 Å². The largest absolute Gasteiger partial charge is 0.325 e. The van der Waals surface area contributed by atoms with Gasteiger partial charge in [0.15, 0.2) is 5.13 Å². The van der Waals surface area contributed by atoms with E-state index in [0.717, 1.165) is 4.88 Å². The van der Waals surface area contributed by atoms with E-state index in [0.29, 0.717) is 28.0 Å². The minimum atomic E-state index is -0.445. The molecule has 0 bridgehead atoms. The van der Waals surface area contributed by atoms with Gasteiger partial charge in [-0.1, -0.05) is 44.2 Å². The van der Waals surface area contributed by atoms with Gasteiger partial charge in [-0.25, -0.2) is 9.78 Å². The topological polar surface area (TPSA) is 83.1 Å². The molecule has 7 heteroatoms. The highest BCUT2D eigenvalue weighted by atomic mass is 32.1.